The number of ether oxygens (including phenoxy) is 2. The smallest absolute Gasteiger partial charge is 0.408 e. The number of amides is 3. The van der Waals surface area contributed by atoms with Crippen molar-refractivity contribution in [2.24, 2.45) is 0 Å². The van der Waals surface area contributed by atoms with Crippen LogP contribution in [0.25, 0.3) is 0 Å². The first-order valence-corrected chi connectivity index (χ1v) is 5.67. The van der Waals surface area contributed by atoms with Gasteiger partial charge in [-0.3, -0.25) is 19.7 Å². The minimum atomic E-state index is -1.12. The summed E-state index contributed by atoms with van der Waals surface area (Å²) >= 11 is 0. The Morgan fingerprint density at radius 1 is 1.37 bits per heavy atom. The lowest BCUT2D eigenvalue weighted by atomic mass is 10.2. The molecule has 0 bridgehead atoms. The number of rotatable bonds is 3. The maximum atomic E-state index is 11.3. The normalized spacial score (nSPS) is 18.8. The Balaban J connectivity index is 2.30. The summed E-state index contributed by atoms with van der Waals surface area (Å²) in [5.41, 5.74) is -0.675. The molecule has 1 saturated heterocycles. The van der Waals surface area contributed by atoms with Crippen LogP contribution in [0.4, 0.5) is 4.79 Å². The van der Waals surface area contributed by atoms with Crippen molar-refractivity contribution in [2.75, 3.05) is 6.54 Å². The van der Waals surface area contributed by atoms with Gasteiger partial charge in [-0.1, -0.05) is 0 Å². The third kappa shape index (κ3) is 5.36. The van der Waals surface area contributed by atoms with Gasteiger partial charge in [0.05, 0.1) is 6.42 Å². The molecule has 1 atom stereocenters. The van der Waals surface area contributed by atoms with E-state index in [4.69, 9.17) is 9.47 Å². The Kier molecular flexibility index (Phi) is 4.47. The molecule has 1 aliphatic rings. The number of hydrogen-bond donors (Lipinski definition) is 2. The van der Waals surface area contributed by atoms with Crippen molar-refractivity contribution in [3.05, 3.63) is 0 Å². The molecule has 1 heterocycles. The van der Waals surface area contributed by atoms with Crippen LogP contribution in [0.15, 0.2) is 0 Å². The molecule has 0 spiro atoms. The largest absolute Gasteiger partial charge is 0.450 e. The molecular formula is C11H16N2O6. The molecule has 8 nitrogen and oxygen atoms in total. The monoisotopic (exact) mass is 272 g/mol. The van der Waals surface area contributed by atoms with Crippen LogP contribution < -0.4 is 10.6 Å². The summed E-state index contributed by atoms with van der Waals surface area (Å²) in [6.45, 7) is 4.60. The average Bonchev–Trinajstić information content (AvgIpc) is 2.52. The lowest BCUT2D eigenvalue weighted by molar-refractivity contribution is -0.153. The maximum Gasteiger partial charge on any atom is 0.408 e. The molecule has 0 radical (unpaired) electrons. The fourth-order valence-corrected chi connectivity index (χ4v) is 1.28. The fraction of sp³-hybridized carbons (Fsp3) is 0.636. The minimum Gasteiger partial charge on any atom is -0.450 e. The van der Waals surface area contributed by atoms with Crippen LogP contribution in [0, 0.1) is 0 Å². The molecule has 8 heteroatoms. The zero-order valence-corrected chi connectivity index (χ0v) is 10.9. The third-order valence-electron chi connectivity index (χ3n) is 1.98. The molecule has 106 valence electrons. The molecule has 0 saturated carbocycles. The highest BCUT2D eigenvalue weighted by atomic mass is 16.6. The molecule has 2 N–H and O–H groups in total. The Morgan fingerprint density at radius 2 is 2.00 bits per heavy atom. The maximum absolute atomic E-state index is 11.3. The lowest BCUT2D eigenvalue weighted by Crippen LogP contribution is -2.37. The molecule has 1 rings (SSSR count). The van der Waals surface area contributed by atoms with E-state index in [-0.39, 0.29) is 6.42 Å². The average molecular weight is 272 g/mol. The van der Waals surface area contributed by atoms with E-state index in [1.807, 2.05) is 5.32 Å². The highest BCUT2D eigenvalue weighted by Crippen LogP contribution is 2.07. The zero-order chi connectivity index (χ0) is 14.6. The van der Waals surface area contributed by atoms with Crippen molar-refractivity contribution in [3.63, 3.8) is 0 Å². The van der Waals surface area contributed by atoms with Gasteiger partial charge in [-0.15, -0.1) is 0 Å². The summed E-state index contributed by atoms with van der Waals surface area (Å²) in [5, 5.41) is 4.19. The van der Waals surface area contributed by atoms with Crippen LogP contribution >= 0.6 is 0 Å². The molecule has 0 aromatic heterocycles. The van der Waals surface area contributed by atoms with Crippen molar-refractivity contribution in [2.45, 2.75) is 38.9 Å². The van der Waals surface area contributed by atoms with E-state index >= 15 is 0 Å². The Bertz CT molecular complexity index is 412. The van der Waals surface area contributed by atoms with Crippen molar-refractivity contribution >= 4 is 23.9 Å². The summed E-state index contributed by atoms with van der Waals surface area (Å²) in [6, 6.07) is 0. The number of hydrogen-bond acceptors (Lipinski definition) is 6. The second kappa shape index (κ2) is 5.68. The van der Waals surface area contributed by atoms with Crippen molar-refractivity contribution in [1.29, 1.82) is 0 Å². The molecule has 3 amide bonds. The third-order valence-corrected chi connectivity index (χ3v) is 1.98. The van der Waals surface area contributed by atoms with Gasteiger partial charge in [-0.25, -0.2) is 4.79 Å². The van der Waals surface area contributed by atoms with Gasteiger partial charge in [0.1, 0.15) is 12.1 Å². The van der Waals surface area contributed by atoms with Gasteiger partial charge in [0.15, 0.2) is 6.10 Å². The molecule has 0 aromatic rings. The van der Waals surface area contributed by atoms with Gasteiger partial charge >= 0.3 is 12.1 Å². The quantitative estimate of drug-likeness (QED) is 0.527. The van der Waals surface area contributed by atoms with E-state index < -0.39 is 42.1 Å². The number of carbonyl (C=O) groups is 4. The summed E-state index contributed by atoms with van der Waals surface area (Å²) in [4.78, 5) is 44.6. The topological polar surface area (TPSA) is 111 Å². The van der Waals surface area contributed by atoms with E-state index in [1.165, 1.54) is 0 Å². The first-order chi connectivity index (χ1) is 8.67. The highest BCUT2D eigenvalue weighted by Gasteiger charge is 2.33. The molecule has 0 aromatic carbocycles. The van der Waals surface area contributed by atoms with Gasteiger partial charge in [0, 0.05) is 0 Å². The highest BCUT2D eigenvalue weighted by molar-refractivity contribution is 6.05. The molecule has 19 heavy (non-hydrogen) atoms. The van der Waals surface area contributed by atoms with Gasteiger partial charge in [0.25, 0.3) is 5.91 Å². The summed E-state index contributed by atoms with van der Waals surface area (Å²) in [6.07, 6.45) is -2.09. The van der Waals surface area contributed by atoms with Crippen LogP contribution in [-0.4, -0.2) is 42.1 Å². The van der Waals surface area contributed by atoms with Crippen molar-refractivity contribution < 1.29 is 28.7 Å². The van der Waals surface area contributed by atoms with E-state index in [9.17, 15) is 19.2 Å². The minimum absolute atomic E-state index is 0.197. The second-order valence-electron chi connectivity index (χ2n) is 4.95. The van der Waals surface area contributed by atoms with Crippen LogP contribution in [0.1, 0.15) is 27.2 Å². The Hall–Kier alpha value is -2.12. The predicted octanol–water partition coefficient (Wildman–Crippen LogP) is -0.531. The Morgan fingerprint density at radius 3 is 2.47 bits per heavy atom. The van der Waals surface area contributed by atoms with Gasteiger partial charge < -0.3 is 14.8 Å². The Labute approximate surface area is 109 Å². The van der Waals surface area contributed by atoms with Crippen LogP contribution in [0.5, 0.6) is 0 Å². The van der Waals surface area contributed by atoms with Gasteiger partial charge in [-0.05, 0) is 20.8 Å². The summed E-state index contributed by atoms with van der Waals surface area (Å²) in [5.74, 6) is -1.97. The molecule has 1 fully saturated rings. The number of esters is 1. The van der Waals surface area contributed by atoms with Gasteiger partial charge in [0.2, 0.25) is 5.91 Å². The van der Waals surface area contributed by atoms with E-state index in [0.717, 1.165) is 0 Å². The molecular weight excluding hydrogens is 256 g/mol. The fourth-order valence-electron chi connectivity index (χ4n) is 1.28. The molecule has 1 aliphatic heterocycles. The van der Waals surface area contributed by atoms with E-state index in [1.54, 1.807) is 20.8 Å². The number of alkyl carbamates (subject to hydrolysis) is 1. The number of imide groups is 1. The number of carbonyl (C=O) groups excluding carboxylic acids is 4. The number of nitrogens with one attached hydrogen (secondary N) is 2. The lowest BCUT2D eigenvalue weighted by Gasteiger charge is -2.19. The van der Waals surface area contributed by atoms with Crippen LogP contribution in [0.3, 0.4) is 0 Å². The molecule has 0 aliphatic carbocycles. The van der Waals surface area contributed by atoms with E-state index in [0.29, 0.717) is 0 Å². The molecule has 1 unspecified atom stereocenters. The van der Waals surface area contributed by atoms with E-state index in [2.05, 4.69) is 5.32 Å². The first kappa shape index (κ1) is 14.9. The standard InChI is InChI=1S/C11H16N2O6/c1-11(2,3)19-10(17)12-5-8(15)18-6-4-7(14)13-9(6)16/h6H,4-5H2,1-3H3,(H,12,17)(H,13,14,16). The predicted molar refractivity (Wildman–Crippen MR) is 61.9 cm³/mol. The van der Waals surface area contributed by atoms with Crippen molar-refractivity contribution in [1.82, 2.24) is 10.6 Å². The zero-order valence-electron chi connectivity index (χ0n) is 10.9. The van der Waals surface area contributed by atoms with Crippen LogP contribution in [0.2, 0.25) is 0 Å². The first-order valence-electron chi connectivity index (χ1n) is 5.67. The summed E-state index contributed by atoms with van der Waals surface area (Å²) < 4.78 is 9.64. The van der Waals surface area contributed by atoms with Crippen LogP contribution in [-0.2, 0) is 23.9 Å². The SMILES string of the molecule is CC(C)(C)OC(=O)NCC(=O)OC1CC(=O)NC1=O. The second-order valence-corrected chi connectivity index (χ2v) is 4.95. The summed E-state index contributed by atoms with van der Waals surface area (Å²) in [7, 11) is 0. The van der Waals surface area contributed by atoms with Crippen molar-refractivity contribution in [3.8, 4) is 0 Å². The van der Waals surface area contributed by atoms with Gasteiger partial charge in [-0.2, -0.15) is 0 Å².